The molecule has 0 aromatic carbocycles. The van der Waals surface area contributed by atoms with E-state index in [1.165, 1.54) is 5.70 Å². The Morgan fingerprint density at radius 2 is 1.67 bits per heavy atom. The van der Waals surface area contributed by atoms with Gasteiger partial charge in [-0.25, -0.2) is 0 Å². The molecule has 0 saturated heterocycles. The maximum atomic E-state index is 3.92. The first kappa shape index (κ1) is 8.70. The first-order chi connectivity index (χ1) is 3.89. The largest absolute Gasteiger partial charge is 0.298 e. The van der Waals surface area contributed by atoms with Gasteiger partial charge in [-0.05, 0) is 20.4 Å². The zero-order valence-corrected chi connectivity index (χ0v) is 7.23. The molecule has 0 rings (SSSR count). The van der Waals surface area contributed by atoms with Crippen molar-refractivity contribution in [3.63, 3.8) is 0 Å². The second-order valence-electron chi connectivity index (χ2n) is 3.37. The second-order valence-corrected chi connectivity index (χ2v) is 3.37. The average molecular weight is 128 g/mol. The van der Waals surface area contributed by atoms with Gasteiger partial charge in [-0.1, -0.05) is 0 Å². The van der Waals surface area contributed by atoms with E-state index in [4.69, 9.17) is 0 Å². The minimum atomic E-state index is 0.627. The van der Waals surface area contributed by atoms with Crippen LogP contribution < -0.4 is 0 Å². The molecule has 0 amide bonds. The molecule has 0 aliphatic rings. The highest BCUT2D eigenvalue weighted by molar-refractivity contribution is 4.75. The minimum Gasteiger partial charge on any atom is -0.298 e. The molecular formula is C8H18N+. The van der Waals surface area contributed by atoms with Gasteiger partial charge in [-0.2, -0.15) is 0 Å². The highest BCUT2D eigenvalue weighted by atomic mass is 15.3. The van der Waals surface area contributed by atoms with E-state index in [1.54, 1.807) is 0 Å². The summed E-state index contributed by atoms with van der Waals surface area (Å²) in [6, 6.07) is 0.627. The topological polar surface area (TPSA) is 0 Å². The molecule has 1 heteroatoms. The molecular weight excluding hydrogens is 110 g/mol. The van der Waals surface area contributed by atoms with Gasteiger partial charge >= 0.3 is 0 Å². The number of allylic oxidation sites excluding steroid dienone is 1. The molecule has 54 valence electrons. The van der Waals surface area contributed by atoms with Crippen LogP contribution in [-0.4, -0.2) is 24.6 Å². The lowest BCUT2D eigenvalue weighted by molar-refractivity contribution is -0.873. The van der Waals surface area contributed by atoms with Gasteiger partial charge in [0, 0.05) is 6.92 Å². The van der Waals surface area contributed by atoms with Crippen LogP contribution in [0, 0.1) is 0 Å². The summed E-state index contributed by atoms with van der Waals surface area (Å²) in [4.78, 5) is 0. The van der Waals surface area contributed by atoms with Gasteiger partial charge in [0.15, 0.2) is 0 Å². The van der Waals surface area contributed by atoms with Crippen molar-refractivity contribution in [3.8, 4) is 0 Å². The van der Waals surface area contributed by atoms with Crippen LogP contribution in [0.15, 0.2) is 12.3 Å². The zero-order chi connectivity index (χ0) is 7.65. The lowest BCUT2D eigenvalue weighted by Gasteiger charge is -2.33. The summed E-state index contributed by atoms with van der Waals surface area (Å²) < 4.78 is 0.917. The van der Waals surface area contributed by atoms with Crippen molar-refractivity contribution < 1.29 is 4.48 Å². The van der Waals surface area contributed by atoms with Crippen LogP contribution in [0.1, 0.15) is 20.8 Å². The Balaban J connectivity index is 4.19. The van der Waals surface area contributed by atoms with Crippen LogP contribution in [0.2, 0.25) is 0 Å². The Morgan fingerprint density at radius 1 is 1.33 bits per heavy atom. The van der Waals surface area contributed by atoms with Gasteiger partial charge in [0.2, 0.25) is 0 Å². The predicted molar refractivity (Wildman–Crippen MR) is 42.1 cm³/mol. The Kier molecular flexibility index (Phi) is 2.44. The van der Waals surface area contributed by atoms with Crippen molar-refractivity contribution in [2.24, 2.45) is 0 Å². The van der Waals surface area contributed by atoms with Crippen LogP contribution >= 0.6 is 0 Å². The maximum Gasteiger partial charge on any atom is 0.0981 e. The first-order valence-electron chi connectivity index (χ1n) is 3.38. The van der Waals surface area contributed by atoms with Crippen LogP contribution in [-0.2, 0) is 0 Å². The molecule has 1 nitrogen and oxygen atoms in total. The molecule has 0 aromatic heterocycles. The van der Waals surface area contributed by atoms with E-state index in [0.29, 0.717) is 6.04 Å². The van der Waals surface area contributed by atoms with Crippen LogP contribution in [0.5, 0.6) is 0 Å². The van der Waals surface area contributed by atoms with E-state index in [-0.39, 0.29) is 0 Å². The van der Waals surface area contributed by atoms with Crippen molar-refractivity contribution in [1.82, 2.24) is 0 Å². The zero-order valence-electron chi connectivity index (χ0n) is 7.23. The first-order valence-corrected chi connectivity index (χ1v) is 3.38. The molecule has 0 aliphatic carbocycles. The third-order valence-corrected chi connectivity index (χ3v) is 2.27. The molecule has 0 radical (unpaired) electrons. The molecule has 0 saturated carbocycles. The minimum absolute atomic E-state index is 0.627. The Morgan fingerprint density at radius 3 is 1.67 bits per heavy atom. The number of hydrogen-bond donors (Lipinski definition) is 0. The van der Waals surface area contributed by atoms with Crippen molar-refractivity contribution in [1.29, 1.82) is 0 Å². The highest BCUT2D eigenvalue weighted by Crippen LogP contribution is 2.12. The van der Waals surface area contributed by atoms with E-state index in [0.717, 1.165) is 4.48 Å². The van der Waals surface area contributed by atoms with E-state index in [2.05, 4.69) is 41.4 Å². The van der Waals surface area contributed by atoms with E-state index >= 15 is 0 Å². The van der Waals surface area contributed by atoms with E-state index in [1.807, 2.05) is 0 Å². The van der Waals surface area contributed by atoms with Crippen molar-refractivity contribution in [2.75, 3.05) is 14.1 Å². The summed E-state index contributed by atoms with van der Waals surface area (Å²) in [7, 11) is 4.35. The Bertz CT molecular complexity index is 112. The van der Waals surface area contributed by atoms with Gasteiger partial charge in [0.05, 0.1) is 25.8 Å². The third-order valence-electron chi connectivity index (χ3n) is 2.27. The molecule has 0 unspecified atom stereocenters. The Hall–Kier alpha value is -0.300. The number of hydrogen-bond acceptors (Lipinski definition) is 0. The number of quaternary nitrogens is 1. The van der Waals surface area contributed by atoms with Gasteiger partial charge in [0.25, 0.3) is 0 Å². The molecule has 9 heavy (non-hydrogen) atoms. The van der Waals surface area contributed by atoms with Crippen LogP contribution in [0.4, 0.5) is 0 Å². The normalized spacial score (nSPS) is 12.2. The smallest absolute Gasteiger partial charge is 0.0981 e. The van der Waals surface area contributed by atoms with Gasteiger partial charge in [-0.3, -0.25) is 4.48 Å². The fourth-order valence-electron chi connectivity index (χ4n) is 0.441. The molecule has 0 fully saturated rings. The fraction of sp³-hybridized carbons (Fsp3) is 0.750. The fourth-order valence-corrected chi connectivity index (χ4v) is 0.441. The quantitative estimate of drug-likeness (QED) is 0.499. The molecule has 0 aliphatic heterocycles. The summed E-state index contributed by atoms with van der Waals surface area (Å²) in [5.41, 5.74) is 1.21. The molecule has 0 spiro atoms. The SMILES string of the molecule is C=C(C)[N+](C)(C)C(C)C. The standard InChI is InChI=1S/C8H18N/c1-7(2)9(5,6)8(3)4/h8H,1H2,2-6H3/q+1. The second kappa shape index (κ2) is 2.53. The van der Waals surface area contributed by atoms with Crippen molar-refractivity contribution in [2.45, 2.75) is 26.8 Å². The van der Waals surface area contributed by atoms with Crippen molar-refractivity contribution >= 4 is 0 Å². The summed E-state index contributed by atoms with van der Waals surface area (Å²) >= 11 is 0. The summed E-state index contributed by atoms with van der Waals surface area (Å²) in [5, 5.41) is 0. The molecule has 0 aromatic rings. The lowest BCUT2D eigenvalue weighted by atomic mass is 10.2. The number of nitrogens with zero attached hydrogens (tertiary/aromatic N) is 1. The van der Waals surface area contributed by atoms with Crippen molar-refractivity contribution in [3.05, 3.63) is 12.3 Å². The summed E-state index contributed by atoms with van der Waals surface area (Å²) in [6.07, 6.45) is 0. The average Bonchev–Trinajstić information content (AvgIpc) is 1.65. The molecule has 0 N–H and O–H groups in total. The summed E-state index contributed by atoms with van der Waals surface area (Å²) in [6.45, 7) is 10.4. The maximum absolute atomic E-state index is 3.92. The van der Waals surface area contributed by atoms with Crippen LogP contribution in [0.3, 0.4) is 0 Å². The lowest BCUT2D eigenvalue weighted by Crippen LogP contribution is -2.43. The van der Waals surface area contributed by atoms with E-state index in [9.17, 15) is 0 Å². The Labute approximate surface area is 58.6 Å². The molecule has 0 atom stereocenters. The predicted octanol–water partition coefficient (Wildman–Crippen LogP) is 2.00. The highest BCUT2D eigenvalue weighted by Gasteiger charge is 2.20. The number of rotatable bonds is 2. The van der Waals surface area contributed by atoms with E-state index < -0.39 is 0 Å². The molecule has 0 heterocycles. The molecule has 0 bridgehead atoms. The monoisotopic (exact) mass is 128 g/mol. The van der Waals surface area contributed by atoms with Gasteiger partial charge in [0.1, 0.15) is 0 Å². The van der Waals surface area contributed by atoms with Gasteiger partial charge < -0.3 is 0 Å². The van der Waals surface area contributed by atoms with Gasteiger partial charge in [-0.15, -0.1) is 0 Å². The summed E-state index contributed by atoms with van der Waals surface area (Å²) in [5.74, 6) is 0. The third kappa shape index (κ3) is 1.83. The van der Waals surface area contributed by atoms with Crippen LogP contribution in [0.25, 0.3) is 0 Å².